The lowest BCUT2D eigenvalue weighted by molar-refractivity contribution is -0.137. The summed E-state index contributed by atoms with van der Waals surface area (Å²) >= 11 is 0. The predicted molar refractivity (Wildman–Crippen MR) is 80.5 cm³/mol. The van der Waals surface area contributed by atoms with E-state index in [1.54, 1.807) is 6.92 Å². The molecule has 1 atom stereocenters. The predicted octanol–water partition coefficient (Wildman–Crippen LogP) is 2.10. The molecule has 0 radical (unpaired) electrons. The molecule has 3 N–H and O–H groups in total. The van der Waals surface area contributed by atoms with Crippen LogP contribution in [0.1, 0.15) is 32.6 Å². The molecule has 0 aromatic heterocycles. The fourth-order valence-electron chi connectivity index (χ4n) is 2.85. The van der Waals surface area contributed by atoms with Crippen LogP contribution in [0.15, 0.2) is 12.1 Å². The normalized spacial score (nSPS) is 17.4. The molecule has 24 heavy (non-hydrogen) atoms. The molecule has 1 aliphatic rings. The Morgan fingerprint density at radius 2 is 1.71 bits per heavy atom. The summed E-state index contributed by atoms with van der Waals surface area (Å²) in [5.74, 6) is -6.79. The van der Waals surface area contributed by atoms with Crippen molar-refractivity contribution in [1.29, 1.82) is 0 Å². The highest BCUT2D eigenvalue weighted by atomic mass is 19.2. The van der Waals surface area contributed by atoms with Gasteiger partial charge in [-0.05, 0) is 25.7 Å². The Labute approximate surface area is 137 Å². The summed E-state index contributed by atoms with van der Waals surface area (Å²) in [7, 11) is 0. The monoisotopic (exact) mass is 344 g/mol. The van der Waals surface area contributed by atoms with E-state index in [4.69, 9.17) is 0 Å². The minimum Gasteiger partial charge on any atom is -0.388 e. The smallest absolute Gasteiger partial charge is 0.313 e. The largest absolute Gasteiger partial charge is 0.388 e. The Bertz CT molecular complexity index is 620. The maximum absolute atomic E-state index is 13.1. The third-order valence-corrected chi connectivity index (χ3v) is 4.29. The third kappa shape index (κ3) is 4.25. The molecule has 0 unspecified atom stereocenters. The number of aliphatic hydroxyl groups is 1. The first-order chi connectivity index (χ1) is 11.2. The Balaban J connectivity index is 1.91. The molecule has 8 heteroatoms. The molecule has 0 saturated heterocycles. The van der Waals surface area contributed by atoms with E-state index in [1.165, 1.54) is 0 Å². The van der Waals surface area contributed by atoms with Crippen LogP contribution in [0, 0.1) is 23.4 Å². The Morgan fingerprint density at radius 3 is 2.25 bits per heavy atom. The quantitative estimate of drug-likeness (QED) is 0.578. The van der Waals surface area contributed by atoms with Gasteiger partial charge in [-0.1, -0.05) is 12.8 Å². The minimum atomic E-state index is -1.66. The lowest BCUT2D eigenvalue weighted by atomic mass is 9.88. The number of rotatable bonds is 4. The van der Waals surface area contributed by atoms with Crippen LogP contribution in [0.2, 0.25) is 0 Å². The molecule has 0 aliphatic heterocycles. The summed E-state index contributed by atoms with van der Waals surface area (Å²) in [6, 6.07) is 1.14. The van der Waals surface area contributed by atoms with E-state index >= 15 is 0 Å². The van der Waals surface area contributed by atoms with E-state index in [2.05, 4.69) is 5.32 Å². The van der Waals surface area contributed by atoms with Gasteiger partial charge in [-0.2, -0.15) is 0 Å². The van der Waals surface area contributed by atoms with E-state index in [0.717, 1.165) is 25.7 Å². The highest BCUT2D eigenvalue weighted by Gasteiger charge is 2.34. The average molecular weight is 344 g/mol. The average Bonchev–Trinajstić information content (AvgIpc) is 3.05. The number of nitrogens with one attached hydrogen (secondary N) is 2. The Kier molecular flexibility index (Phi) is 5.48. The second-order valence-electron chi connectivity index (χ2n) is 6.23. The zero-order chi connectivity index (χ0) is 17.9. The van der Waals surface area contributed by atoms with Gasteiger partial charge in [-0.3, -0.25) is 9.59 Å². The standard InChI is InChI=1S/C16H19F3N2O3/c1-16(24,9-4-2-3-5-9)8-20-14(22)15(23)21-10-6-11(17)13(19)12(18)7-10/h6-7,9,24H,2-5,8H2,1H3,(H,20,22)(H,21,23)/t16-/m1/s1. The number of carbonyl (C=O) groups excluding carboxylic acids is 2. The van der Waals surface area contributed by atoms with Crippen molar-refractivity contribution < 1.29 is 27.9 Å². The van der Waals surface area contributed by atoms with Crippen molar-refractivity contribution in [3.8, 4) is 0 Å². The molecule has 1 fully saturated rings. The SMILES string of the molecule is C[C@@](O)(CNC(=O)C(=O)Nc1cc(F)c(F)c(F)c1)C1CCCC1. The summed E-state index contributed by atoms with van der Waals surface area (Å²) in [4.78, 5) is 23.5. The number of carbonyl (C=O) groups is 2. The lowest BCUT2D eigenvalue weighted by Crippen LogP contribution is -2.48. The van der Waals surface area contributed by atoms with E-state index in [0.29, 0.717) is 12.1 Å². The number of benzene rings is 1. The van der Waals surface area contributed by atoms with Crippen molar-refractivity contribution >= 4 is 17.5 Å². The van der Waals surface area contributed by atoms with Gasteiger partial charge in [0.15, 0.2) is 17.5 Å². The molecule has 0 spiro atoms. The molecule has 5 nitrogen and oxygen atoms in total. The van der Waals surface area contributed by atoms with Gasteiger partial charge in [0.1, 0.15) is 0 Å². The third-order valence-electron chi connectivity index (χ3n) is 4.29. The molecule has 1 aliphatic carbocycles. The molecule has 2 amide bonds. The van der Waals surface area contributed by atoms with Crippen molar-refractivity contribution in [2.24, 2.45) is 5.92 Å². The van der Waals surface area contributed by atoms with Crippen LogP contribution >= 0.6 is 0 Å². The zero-order valence-electron chi connectivity index (χ0n) is 13.2. The van der Waals surface area contributed by atoms with Crippen LogP contribution in [0.3, 0.4) is 0 Å². The maximum Gasteiger partial charge on any atom is 0.313 e. The van der Waals surface area contributed by atoms with Crippen LogP contribution in [0.4, 0.5) is 18.9 Å². The van der Waals surface area contributed by atoms with E-state index < -0.39 is 34.9 Å². The zero-order valence-corrected chi connectivity index (χ0v) is 13.2. The summed E-state index contributed by atoms with van der Waals surface area (Å²) in [5.41, 5.74) is -1.52. The van der Waals surface area contributed by atoms with Gasteiger partial charge in [-0.15, -0.1) is 0 Å². The molecule has 1 aromatic rings. The van der Waals surface area contributed by atoms with Crippen molar-refractivity contribution in [2.75, 3.05) is 11.9 Å². The van der Waals surface area contributed by atoms with Gasteiger partial charge < -0.3 is 15.7 Å². The van der Waals surface area contributed by atoms with Gasteiger partial charge in [0, 0.05) is 24.4 Å². The first-order valence-corrected chi connectivity index (χ1v) is 7.67. The van der Waals surface area contributed by atoms with E-state index in [1.807, 2.05) is 5.32 Å². The summed E-state index contributed by atoms with van der Waals surface area (Å²) in [6.45, 7) is 1.47. The van der Waals surface area contributed by atoms with Crippen LogP contribution in [0.25, 0.3) is 0 Å². The molecule has 132 valence electrons. The fourth-order valence-corrected chi connectivity index (χ4v) is 2.85. The van der Waals surface area contributed by atoms with Gasteiger partial charge in [-0.25, -0.2) is 13.2 Å². The van der Waals surface area contributed by atoms with E-state index in [-0.39, 0.29) is 18.2 Å². The maximum atomic E-state index is 13.1. The van der Waals surface area contributed by atoms with Gasteiger partial charge >= 0.3 is 11.8 Å². The number of anilines is 1. The molecule has 1 saturated carbocycles. The fraction of sp³-hybridized carbons (Fsp3) is 0.500. The molecule has 0 heterocycles. The van der Waals surface area contributed by atoms with Crippen LogP contribution < -0.4 is 10.6 Å². The number of halogens is 3. The van der Waals surface area contributed by atoms with Gasteiger partial charge in [0.2, 0.25) is 0 Å². The lowest BCUT2D eigenvalue weighted by Gasteiger charge is -2.30. The molecular formula is C16H19F3N2O3. The summed E-state index contributed by atoms with van der Waals surface area (Å²) in [5, 5.41) is 14.6. The molecular weight excluding hydrogens is 325 g/mol. The Hall–Kier alpha value is -2.09. The topological polar surface area (TPSA) is 78.4 Å². The van der Waals surface area contributed by atoms with Crippen molar-refractivity contribution in [3.05, 3.63) is 29.6 Å². The second kappa shape index (κ2) is 7.21. The Morgan fingerprint density at radius 1 is 1.17 bits per heavy atom. The summed E-state index contributed by atoms with van der Waals surface area (Å²) in [6.07, 6.45) is 3.72. The first-order valence-electron chi connectivity index (χ1n) is 7.67. The van der Waals surface area contributed by atoms with Crippen LogP contribution in [0.5, 0.6) is 0 Å². The number of hydrogen-bond donors (Lipinski definition) is 3. The molecule has 0 bridgehead atoms. The van der Waals surface area contributed by atoms with Crippen molar-refractivity contribution in [1.82, 2.24) is 5.32 Å². The molecule has 1 aromatic carbocycles. The first kappa shape index (κ1) is 18.3. The van der Waals surface area contributed by atoms with E-state index in [9.17, 15) is 27.9 Å². The highest BCUT2D eigenvalue weighted by molar-refractivity contribution is 6.39. The van der Waals surface area contributed by atoms with Crippen molar-refractivity contribution in [2.45, 2.75) is 38.2 Å². The number of hydrogen-bond acceptors (Lipinski definition) is 3. The molecule has 2 rings (SSSR count). The van der Waals surface area contributed by atoms with Crippen LogP contribution in [-0.4, -0.2) is 29.1 Å². The minimum absolute atomic E-state index is 0.0427. The van der Waals surface area contributed by atoms with Gasteiger partial charge in [0.05, 0.1) is 5.60 Å². The second-order valence-corrected chi connectivity index (χ2v) is 6.23. The van der Waals surface area contributed by atoms with Crippen LogP contribution in [-0.2, 0) is 9.59 Å². The van der Waals surface area contributed by atoms with Gasteiger partial charge in [0.25, 0.3) is 0 Å². The van der Waals surface area contributed by atoms with Crippen molar-refractivity contribution in [3.63, 3.8) is 0 Å². The summed E-state index contributed by atoms with van der Waals surface area (Å²) < 4.78 is 39.0. The highest BCUT2D eigenvalue weighted by Crippen LogP contribution is 2.33. The number of amides is 2.